The summed E-state index contributed by atoms with van der Waals surface area (Å²) in [6.07, 6.45) is 6.26. The minimum absolute atomic E-state index is 0.00168. The third kappa shape index (κ3) is 6.78. The van der Waals surface area contributed by atoms with Gasteiger partial charge in [-0.3, -0.25) is 4.18 Å². The minimum atomic E-state index is -2.74. The number of hydrogen-bond donors (Lipinski definition) is 1. The van der Waals surface area contributed by atoms with Crippen molar-refractivity contribution in [2.24, 2.45) is 5.41 Å². The topological polar surface area (TPSA) is 126 Å². The number of hydrogen-bond acceptors (Lipinski definition) is 8. The van der Waals surface area contributed by atoms with Crippen molar-refractivity contribution in [1.82, 2.24) is 34.3 Å². The number of alkyl halides is 2. The molecule has 11 nitrogen and oxygen atoms in total. The van der Waals surface area contributed by atoms with Gasteiger partial charge in [-0.25, -0.2) is 32.5 Å². The average Bonchev–Trinajstić information content (AvgIpc) is 3.71. The Bertz CT molecular complexity index is 1820. The van der Waals surface area contributed by atoms with E-state index in [9.17, 15) is 17.2 Å². The summed E-state index contributed by atoms with van der Waals surface area (Å²) >= 11 is -1.58. The zero-order valence-electron chi connectivity index (χ0n) is 27.8. The van der Waals surface area contributed by atoms with Gasteiger partial charge in [0.2, 0.25) is 0 Å². The van der Waals surface area contributed by atoms with Gasteiger partial charge in [0.15, 0.2) is 16.7 Å². The highest BCUT2D eigenvalue weighted by Crippen LogP contribution is 2.50. The Morgan fingerprint density at radius 2 is 1.81 bits per heavy atom. The molecule has 47 heavy (non-hydrogen) atoms. The van der Waals surface area contributed by atoms with Gasteiger partial charge in [0.1, 0.15) is 12.1 Å². The first-order valence-electron chi connectivity index (χ1n) is 15.9. The zero-order valence-corrected chi connectivity index (χ0v) is 29.5. The monoisotopic (exact) mass is 691 g/mol. The van der Waals surface area contributed by atoms with Gasteiger partial charge in [-0.05, 0) is 92.3 Å². The molecule has 6 rings (SSSR count). The van der Waals surface area contributed by atoms with Crippen LogP contribution in [0.3, 0.4) is 0 Å². The summed E-state index contributed by atoms with van der Waals surface area (Å²) in [5.74, 6) is 0.0712. The van der Waals surface area contributed by atoms with E-state index in [0.717, 1.165) is 31.4 Å². The van der Waals surface area contributed by atoms with Crippen molar-refractivity contribution in [3.63, 3.8) is 0 Å². The van der Waals surface area contributed by atoms with Crippen molar-refractivity contribution < 1.29 is 26.1 Å². The second-order valence-electron chi connectivity index (χ2n) is 14.7. The van der Waals surface area contributed by atoms with Crippen LogP contribution in [-0.4, -0.2) is 66.2 Å². The van der Waals surface area contributed by atoms with Gasteiger partial charge < -0.3 is 4.74 Å². The van der Waals surface area contributed by atoms with E-state index in [1.165, 1.54) is 6.20 Å². The number of ether oxygens (including phenoxy) is 1. The van der Waals surface area contributed by atoms with Gasteiger partial charge >= 0.3 is 6.55 Å². The van der Waals surface area contributed by atoms with Crippen molar-refractivity contribution in [3.8, 4) is 5.69 Å². The predicted molar refractivity (Wildman–Crippen MR) is 178 cm³/mol. The van der Waals surface area contributed by atoms with Crippen LogP contribution in [0.1, 0.15) is 98.0 Å². The van der Waals surface area contributed by atoms with Gasteiger partial charge in [0, 0.05) is 22.9 Å². The molecule has 2 fully saturated rings. The molecule has 4 heterocycles. The molecule has 4 aromatic rings. The standard InChI is InChI=1S/C32H43F2N7O4S2/c1-19-27(39-46(42)30(2,3)4)32(18-44-19)12-10-20(11-13-32)26-25(17-45-47(43)31(5,6)7)37-28-24(36-26)15-35-41(28)22-9-8-21-16-40(29(33)34)38-23(21)14-22/h8-9,14-16,19-20,27,29,39H,10-13,17-18H2,1-7H3/t19-,20?,27+,32?,46?,47?/m0/s1. The maximum atomic E-state index is 13.3. The Morgan fingerprint density at radius 3 is 2.47 bits per heavy atom. The van der Waals surface area contributed by atoms with Crippen LogP contribution in [0, 0.1) is 5.41 Å². The van der Waals surface area contributed by atoms with Crippen LogP contribution in [0.25, 0.3) is 27.8 Å². The highest BCUT2D eigenvalue weighted by Gasteiger charge is 2.51. The van der Waals surface area contributed by atoms with E-state index in [-0.39, 0.29) is 30.1 Å². The van der Waals surface area contributed by atoms with E-state index in [1.54, 1.807) is 29.1 Å². The molecule has 4 atom stereocenters. The quantitative estimate of drug-likeness (QED) is 0.238. The Hall–Kier alpha value is -2.72. The molecule has 1 saturated heterocycles. The van der Waals surface area contributed by atoms with E-state index >= 15 is 0 Å². The van der Waals surface area contributed by atoms with E-state index in [2.05, 4.69) is 14.9 Å². The number of fused-ring (bicyclic) bond motifs is 2. The molecule has 0 bridgehead atoms. The number of halogens is 2. The Balaban J connectivity index is 1.32. The number of nitrogens with one attached hydrogen (secondary N) is 1. The fourth-order valence-corrected chi connectivity index (χ4v) is 8.07. The van der Waals surface area contributed by atoms with Gasteiger partial charge in [0.05, 0.1) is 68.0 Å². The molecule has 1 aliphatic heterocycles. The van der Waals surface area contributed by atoms with Crippen LogP contribution >= 0.6 is 0 Å². The van der Waals surface area contributed by atoms with Crippen LogP contribution in [0.5, 0.6) is 0 Å². The third-order valence-corrected chi connectivity index (χ3v) is 12.1. The summed E-state index contributed by atoms with van der Waals surface area (Å²) in [4.78, 5) is 10.1. The maximum Gasteiger partial charge on any atom is 0.333 e. The molecule has 1 N–H and O–H groups in total. The Labute approximate surface area is 278 Å². The lowest BCUT2D eigenvalue weighted by atomic mass is 9.66. The normalized spacial score (nSPS) is 25.4. The van der Waals surface area contributed by atoms with E-state index in [4.69, 9.17) is 18.9 Å². The fourth-order valence-electron chi connectivity index (χ4n) is 6.48. The predicted octanol–water partition coefficient (Wildman–Crippen LogP) is 6.02. The first-order chi connectivity index (χ1) is 22.1. The van der Waals surface area contributed by atoms with E-state index in [0.29, 0.717) is 44.7 Å². The van der Waals surface area contributed by atoms with Crippen molar-refractivity contribution in [2.75, 3.05) is 6.61 Å². The van der Waals surface area contributed by atoms with Crippen molar-refractivity contribution in [3.05, 3.63) is 42.0 Å². The smallest absolute Gasteiger partial charge is 0.333 e. The zero-order chi connectivity index (χ0) is 33.9. The molecule has 0 amide bonds. The summed E-state index contributed by atoms with van der Waals surface area (Å²) < 4.78 is 69.2. The number of benzene rings is 1. The van der Waals surface area contributed by atoms with Crippen molar-refractivity contribution in [1.29, 1.82) is 0 Å². The second kappa shape index (κ2) is 12.6. The SMILES string of the molecule is C[C@@H]1OCC2(CCC(c3nc4cnn(-c5ccc6cn(C(F)F)nc6c5)c4nc3COS(=O)C(C)(C)C)CC2)[C@@H]1NS(=O)C(C)(C)C. The molecule has 2 aliphatic rings. The molecule has 256 valence electrons. The first kappa shape index (κ1) is 34.2. The average molecular weight is 692 g/mol. The largest absolute Gasteiger partial charge is 0.376 e. The lowest BCUT2D eigenvalue weighted by molar-refractivity contribution is 0.0573. The summed E-state index contributed by atoms with van der Waals surface area (Å²) in [6, 6.07) is 5.14. The van der Waals surface area contributed by atoms with Gasteiger partial charge in [0.25, 0.3) is 0 Å². The number of aromatic nitrogens is 6. The highest BCUT2D eigenvalue weighted by atomic mass is 32.2. The molecule has 0 radical (unpaired) electrons. The summed E-state index contributed by atoms with van der Waals surface area (Å²) in [6.45, 7) is 11.4. The highest BCUT2D eigenvalue weighted by molar-refractivity contribution is 7.84. The first-order valence-corrected chi connectivity index (χ1v) is 18.1. The molecular weight excluding hydrogens is 649 g/mol. The molecule has 2 unspecified atom stereocenters. The Kier molecular flexibility index (Phi) is 9.17. The molecule has 15 heteroatoms. The lowest BCUT2D eigenvalue weighted by Gasteiger charge is -2.41. The van der Waals surface area contributed by atoms with Gasteiger partial charge in [-0.15, -0.1) is 0 Å². The summed E-state index contributed by atoms with van der Waals surface area (Å²) in [5, 5.41) is 9.14. The molecule has 1 aromatic carbocycles. The number of rotatable bonds is 8. The molecule has 1 spiro atoms. The van der Waals surface area contributed by atoms with E-state index in [1.807, 2.05) is 48.5 Å². The van der Waals surface area contributed by atoms with Crippen molar-refractivity contribution in [2.45, 2.75) is 115 Å². The minimum Gasteiger partial charge on any atom is -0.376 e. The van der Waals surface area contributed by atoms with Gasteiger partial charge in [-0.1, -0.05) is 0 Å². The van der Waals surface area contributed by atoms with Crippen LogP contribution < -0.4 is 4.72 Å². The molecule has 1 aliphatic carbocycles. The summed E-state index contributed by atoms with van der Waals surface area (Å²) in [7, 11) is -1.22. The lowest BCUT2D eigenvalue weighted by Crippen LogP contribution is -2.52. The van der Waals surface area contributed by atoms with Crippen LogP contribution in [-0.2, 0) is 37.6 Å². The van der Waals surface area contributed by atoms with Crippen molar-refractivity contribution >= 4 is 44.1 Å². The third-order valence-electron chi connectivity index (χ3n) is 9.18. The van der Waals surface area contributed by atoms with Gasteiger partial charge in [-0.2, -0.15) is 19.0 Å². The molecule has 1 saturated carbocycles. The fraction of sp³-hybridized carbons (Fsp3) is 0.625. The van der Waals surface area contributed by atoms with Crippen LogP contribution in [0.15, 0.2) is 30.6 Å². The van der Waals surface area contributed by atoms with E-state index < -0.39 is 38.1 Å². The Morgan fingerprint density at radius 1 is 1.09 bits per heavy atom. The number of nitrogens with zero attached hydrogens (tertiary/aromatic N) is 6. The molecule has 3 aromatic heterocycles. The maximum absolute atomic E-state index is 13.3. The van der Waals surface area contributed by atoms with Crippen LogP contribution in [0.2, 0.25) is 0 Å². The summed E-state index contributed by atoms with van der Waals surface area (Å²) in [5.41, 5.74) is 3.29. The molecular formula is C32H43F2N7O4S2. The van der Waals surface area contributed by atoms with Crippen LogP contribution in [0.4, 0.5) is 8.78 Å². The second-order valence-corrected chi connectivity index (χ2v) is 18.6.